The number of aryl methyl sites for hydroxylation is 2. The molecule has 0 radical (unpaired) electrons. The Morgan fingerprint density at radius 1 is 0.986 bits per heavy atom. The molecule has 394 valence electrons. The van der Waals surface area contributed by atoms with Gasteiger partial charge in [-0.3, -0.25) is 28.5 Å². The molecule has 5 N–H and O–H groups in total. The number of halogens is 2. The number of carbonyl (C=O) groups excluding carboxylic acids is 5. The van der Waals surface area contributed by atoms with Crippen LogP contribution in [0.5, 0.6) is 0 Å². The lowest BCUT2D eigenvalue weighted by atomic mass is 9.85. The first-order chi connectivity index (χ1) is 35.5. The summed E-state index contributed by atoms with van der Waals surface area (Å²) in [6.45, 7) is 9.20. The highest BCUT2D eigenvalue weighted by Crippen LogP contribution is 2.44. The molecule has 4 aliphatic heterocycles. The van der Waals surface area contributed by atoms with E-state index in [1.807, 2.05) is 36.1 Å². The van der Waals surface area contributed by atoms with Gasteiger partial charge in [-0.1, -0.05) is 45.0 Å². The van der Waals surface area contributed by atoms with Crippen molar-refractivity contribution in [3.63, 3.8) is 0 Å². The van der Waals surface area contributed by atoms with E-state index in [9.17, 15) is 29.1 Å². The molecule has 0 saturated carbocycles. The van der Waals surface area contributed by atoms with Crippen LogP contribution >= 0.6 is 11.3 Å². The van der Waals surface area contributed by atoms with Crippen LogP contribution in [0.4, 0.5) is 25.1 Å². The highest BCUT2D eigenvalue weighted by Gasteiger charge is 2.45. The van der Waals surface area contributed by atoms with Crippen LogP contribution in [0.2, 0.25) is 0 Å². The molecule has 2 aromatic carbocycles. The monoisotopic (exact) mass is 1040 g/mol. The van der Waals surface area contributed by atoms with Gasteiger partial charge >= 0.3 is 6.03 Å². The van der Waals surface area contributed by atoms with Crippen LogP contribution in [-0.2, 0) is 56.4 Å². The maximum absolute atomic E-state index is 15.1. The van der Waals surface area contributed by atoms with E-state index < -0.39 is 60.2 Å². The minimum Gasteiger partial charge on any atom is -0.391 e. The molecule has 0 unspecified atom stereocenters. The van der Waals surface area contributed by atoms with Gasteiger partial charge in [-0.05, 0) is 72.4 Å². The number of anilines is 2. The lowest BCUT2D eigenvalue weighted by Gasteiger charge is -2.35. The summed E-state index contributed by atoms with van der Waals surface area (Å²) in [5.41, 5.74) is 7.68. The summed E-state index contributed by atoms with van der Waals surface area (Å²) in [5, 5.41) is 31.1. The summed E-state index contributed by atoms with van der Waals surface area (Å²) in [6.07, 6.45) is 2.76. The normalized spacial score (nSPS) is 18.5. The molecule has 19 nitrogen and oxygen atoms in total. The molecule has 3 atom stereocenters. The molecule has 22 heteroatoms. The number of aliphatic hydroxyl groups excluding tert-OH is 1. The van der Waals surface area contributed by atoms with Crippen LogP contribution in [0.1, 0.15) is 92.6 Å². The number of hydrogen-bond acceptors (Lipinski definition) is 12. The van der Waals surface area contributed by atoms with Crippen LogP contribution in [-0.4, -0.2) is 134 Å². The predicted octanol–water partition coefficient (Wildman–Crippen LogP) is 5.17. The van der Waals surface area contributed by atoms with E-state index in [4.69, 9.17) is 9.84 Å². The fourth-order valence-electron chi connectivity index (χ4n) is 10.5. The Hall–Kier alpha value is -6.78. The van der Waals surface area contributed by atoms with Crippen molar-refractivity contribution in [1.82, 2.24) is 55.6 Å². The second-order valence-corrected chi connectivity index (χ2v) is 21.4. The Bertz CT molecular complexity index is 2890. The molecule has 4 aliphatic rings. The number of carbonyl (C=O) groups is 5. The van der Waals surface area contributed by atoms with Crippen molar-refractivity contribution < 1.29 is 42.6 Å². The van der Waals surface area contributed by atoms with Gasteiger partial charge in [-0.25, -0.2) is 18.6 Å². The van der Waals surface area contributed by atoms with Gasteiger partial charge in [0, 0.05) is 93.6 Å². The highest BCUT2D eigenvalue weighted by molar-refractivity contribution is 7.13. The maximum Gasteiger partial charge on any atom is 0.317 e. The molecule has 5 aromatic rings. The third kappa shape index (κ3) is 11.2. The zero-order chi connectivity index (χ0) is 52.4. The highest BCUT2D eigenvalue weighted by atomic mass is 32.1. The molecular formula is C52H64F2N12O7S. The van der Waals surface area contributed by atoms with Crippen molar-refractivity contribution in [3.8, 4) is 21.6 Å². The fourth-order valence-corrected chi connectivity index (χ4v) is 11.3. The van der Waals surface area contributed by atoms with Crippen molar-refractivity contribution in [2.75, 3.05) is 51.3 Å². The van der Waals surface area contributed by atoms with Crippen LogP contribution in [0, 0.1) is 12.3 Å². The minimum atomic E-state index is -2.85. The number of urea groups is 1. The van der Waals surface area contributed by atoms with Gasteiger partial charge < -0.3 is 45.8 Å². The van der Waals surface area contributed by atoms with E-state index in [1.165, 1.54) is 28.0 Å². The molecule has 2 saturated heterocycles. The van der Waals surface area contributed by atoms with E-state index in [1.54, 1.807) is 55.6 Å². The van der Waals surface area contributed by atoms with Crippen molar-refractivity contribution in [1.29, 1.82) is 0 Å². The van der Waals surface area contributed by atoms with Gasteiger partial charge in [0.15, 0.2) is 5.82 Å². The van der Waals surface area contributed by atoms with Crippen LogP contribution in [0.25, 0.3) is 21.6 Å². The molecule has 2 fully saturated rings. The number of fused-ring (bicyclic) bond motifs is 2. The third-order valence-electron chi connectivity index (χ3n) is 14.4. The summed E-state index contributed by atoms with van der Waals surface area (Å²) < 4.78 is 39.3. The number of alkyl halides is 2. The number of benzene rings is 2. The lowest BCUT2D eigenvalue weighted by Crippen LogP contribution is -2.58. The van der Waals surface area contributed by atoms with Crippen LogP contribution in [0.3, 0.4) is 0 Å². The fraction of sp³-hybridized carbons (Fsp3) is 0.500. The van der Waals surface area contributed by atoms with Gasteiger partial charge in [0.05, 0.1) is 47.5 Å². The van der Waals surface area contributed by atoms with Crippen molar-refractivity contribution >= 4 is 52.5 Å². The Morgan fingerprint density at radius 3 is 2.46 bits per heavy atom. The van der Waals surface area contributed by atoms with Crippen molar-refractivity contribution in [2.24, 2.45) is 5.41 Å². The molecule has 74 heavy (non-hydrogen) atoms. The van der Waals surface area contributed by atoms with E-state index in [2.05, 4.69) is 36.0 Å². The summed E-state index contributed by atoms with van der Waals surface area (Å²) in [7, 11) is 1.60. The number of rotatable bonds is 14. The first kappa shape index (κ1) is 52.1. The summed E-state index contributed by atoms with van der Waals surface area (Å²) in [6, 6.07) is 8.89. The molecular weight excluding hydrogens is 975 g/mol. The molecule has 0 bridgehead atoms. The maximum atomic E-state index is 15.1. The quantitative estimate of drug-likeness (QED) is 0.0977. The number of hydrogen-bond donors (Lipinski definition) is 5. The van der Waals surface area contributed by atoms with E-state index in [0.717, 1.165) is 57.8 Å². The number of nitrogens with one attached hydrogen (secondary N) is 4. The van der Waals surface area contributed by atoms with Crippen molar-refractivity contribution in [2.45, 2.75) is 117 Å². The van der Waals surface area contributed by atoms with Crippen molar-refractivity contribution in [3.05, 3.63) is 87.9 Å². The molecule has 0 aliphatic carbocycles. The average Bonchev–Trinajstić information content (AvgIpc) is 4.22. The molecule has 9 rings (SSSR count). The van der Waals surface area contributed by atoms with Gasteiger partial charge in [-0.2, -0.15) is 10.2 Å². The van der Waals surface area contributed by atoms with Gasteiger partial charge in [0.2, 0.25) is 23.6 Å². The van der Waals surface area contributed by atoms with Crippen LogP contribution in [0.15, 0.2) is 54.3 Å². The van der Waals surface area contributed by atoms with Gasteiger partial charge in [0.25, 0.3) is 6.43 Å². The predicted molar refractivity (Wildman–Crippen MR) is 272 cm³/mol. The molecule has 0 spiro atoms. The number of aromatic nitrogens is 5. The number of likely N-dealkylation sites (tertiary alicyclic amines) is 1. The zero-order valence-corrected chi connectivity index (χ0v) is 43.1. The van der Waals surface area contributed by atoms with E-state index in [0.29, 0.717) is 62.8 Å². The SMILES string of the molecule is CNC(=O)N1CCc2c(c(N3CCCc4cc(-c5cnn(CC(=O)NCC(=O)N[C@H](C(=O)N6C[C@H](O)C[C@H]6C(=O)NCc6ccc(-c7scnc7C)cc6)C(C)(C)C)c5)c(C(F)F)cc43)nn2C2CCOCC2)C1. The second kappa shape index (κ2) is 22.0. The summed E-state index contributed by atoms with van der Waals surface area (Å²) >= 11 is 1.55. The Labute approximate surface area is 432 Å². The van der Waals surface area contributed by atoms with E-state index >= 15 is 8.78 Å². The van der Waals surface area contributed by atoms with Gasteiger partial charge in [0.1, 0.15) is 18.6 Å². The number of aliphatic hydroxyl groups is 1. The van der Waals surface area contributed by atoms with Gasteiger partial charge in [-0.15, -0.1) is 11.3 Å². The number of thiazole rings is 1. The Balaban J connectivity index is 0.835. The number of amides is 6. The first-order valence-corrected chi connectivity index (χ1v) is 26.1. The molecule has 3 aromatic heterocycles. The standard InChI is InChI=1S/C52H64F2N12O7S/c1-30-45(74-29-58-30)32-10-8-31(9-11-32)22-57-49(70)42-20-36(67)26-65(42)50(71)46(52(2,3)4)60-43(68)24-56-44(69)28-63-25-34(23-59-63)37-19-33-7-6-15-64(41(33)21-38(37)47(53)54)48-39-27-62(51(72)55-5)16-12-40(39)66(61-48)35-13-17-73-18-14-35/h8-11,19,21,23,25,29,35-36,42,46-47,67H,6-7,12-18,20,22,24,26-28H2,1-5H3,(H,55,72)(H,56,69)(H,57,70)(H,60,68)/t36-,42+,46-/m1/s1. The Morgan fingerprint density at radius 2 is 1.76 bits per heavy atom. The zero-order valence-electron chi connectivity index (χ0n) is 42.3. The van der Waals surface area contributed by atoms with E-state index in [-0.39, 0.29) is 49.3 Å². The summed E-state index contributed by atoms with van der Waals surface area (Å²) in [5.74, 6) is -1.56. The topological polar surface area (TPSA) is 221 Å². The number of ether oxygens (including phenoxy) is 1. The molecule has 6 amide bonds. The first-order valence-electron chi connectivity index (χ1n) is 25.2. The number of β-amino-alcohol motifs (C(OH)–C–C–N with tert-alkyl or cyclic N) is 1. The number of nitrogens with zero attached hydrogens (tertiary/aromatic N) is 8. The minimum absolute atomic E-state index is 0.0267. The molecule has 7 heterocycles. The summed E-state index contributed by atoms with van der Waals surface area (Å²) in [4.78, 5) is 77.6. The Kier molecular flexibility index (Phi) is 15.5. The average molecular weight is 1040 g/mol. The smallest absolute Gasteiger partial charge is 0.317 e. The second-order valence-electron chi connectivity index (χ2n) is 20.5. The lowest BCUT2D eigenvalue weighted by molar-refractivity contribution is -0.144. The third-order valence-corrected chi connectivity index (χ3v) is 15.3. The van der Waals surface area contributed by atoms with Crippen LogP contribution < -0.4 is 26.2 Å². The largest absolute Gasteiger partial charge is 0.391 e.